The highest BCUT2D eigenvalue weighted by Crippen LogP contribution is 2.30. The van der Waals surface area contributed by atoms with E-state index in [-0.39, 0.29) is 17.5 Å². The maximum atomic E-state index is 11.7. The Hall–Kier alpha value is -1.26. The molecule has 0 heterocycles. The van der Waals surface area contributed by atoms with Gasteiger partial charge in [-0.25, -0.2) is 9.59 Å². The van der Waals surface area contributed by atoms with Gasteiger partial charge in [0, 0.05) is 5.54 Å². The zero-order chi connectivity index (χ0) is 13.1. The molecule has 1 fully saturated rings. The number of carbonyl (C=O) groups excluding carboxylic acids is 1. The van der Waals surface area contributed by atoms with Crippen molar-refractivity contribution in [2.75, 3.05) is 0 Å². The molecule has 1 aliphatic rings. The normalized spacial score (nSPS) is 19.3. The predicted molar refractivity (Wildman–Crippen MR) is 64.8 cm³/mol. The van der Waals surface area contributed by atoms with E-state index < -0.39 is 12.0 Å². The molecule has 2 amide bonds. The lowest BCUT2D eigenvalue weighted by Gasteiger charge is -2.39. The lowest BCUT2D eigenvalue weighted by Crippen LogP contribution is -2.56. The molecule has 5 heteroatoms. The summed E-state index contributed by atoms with van der Waals surface area (Å²) in [6.45, 7) is 5.85. The zero-order valence-electron chi connectivity index (χ0n) is 10.7. The number of urea groups is 1. The van der Waals surface area contributed by atoms with Crippen LogP contribution in [0.1, 0.15) is 46.5 Å². The van der Waals surface area contributed by atoms with Crippen LogP contribution in [0.2, 0.25) is 0 Å². The van der Waals surface area contributed by atoms with Gasteiger partial charge in [0.15, 0.2) is 0 Å². The quantitative estimate of drug-likeness (QED) is 0.687. The topological polar surface area (TPSA) is 78.4 Å². The second kappa shape index (κ2) is 5.38. The summed E-state index contributed by atoms with van der Waals surface area (Å²) in [4.78, 5) is 22.6. The van der Waals surface area contributed by atoms with Gasteiger partial charge in [-0.1, -0.05) is 13.8 Å². The lowest BCUT2D eigenvalue weighted by molar-refractivity contribution is -0.139. The second-order valence-corrected chi connectivity index (χ2v) is 5.53. The molecule has 0 aromatic carbocycles. The molecule has 98 valence electrons. The molecule has 0 aromatic heterocycles. The Balaban J connectivity index is 2.43. The summed E-state index contributed by atoms with van der Waals surface area (Å²) < 4.78 is 0. The average molecular weight is 242 g/mol. The van der Waals surface area contributed by atoms with E-state index in [0.29, 0.717) is 6.42 Å². The molecule has 0 saturated heterocycles. The van der Waals surface area contributed by atoms with Crippen LogP contribution < -0.4 is 10.6 Å². The Morgan fingerprint density at radius 3 is 2.29 bits per heavy atom. The van der Waals surface area contributed by atoms with Gasteiger partial charge in [0.1, 0.15) is 6.04 Å². The third-order valence-corrected chi connectivity index (χ3v) is 3.18. The number of hydrogen-bond donors (Lipinski definition) is 3. The van der Waals surface area contributed by atoms with Crippen molar-refractivity contribution in [2.45, 2.75) is 58.0 Å². The number of rotatable bonds is 5. The summed E-state index contributed by atoms with van der Waals surface area (Å²) in [6, 6.07) is -1.18. The average Bonchev–Trinajstić information content (AvgIpc) is 2.13. The maximum absolute atomic E-state index is 11.7. The van der Waals surface area contributed by atoms with E-state index >= 15 is 0 Å². The van der Waals surface area contributed by atoms with E-state index in [1.165, 1.54) is 0 Å². The first-order chi connectivity index (χ1) is 7.82. The Morgan fingerprint density at radius 1 is 1.35 bits per heavy atom. The van der Waals surface area contributed by atoms with Crippen LogP contribution in [-0.4, -0.2) is 28.7 Å². The third-order valence-electron chi connectivity index (χ3n) is 3.18. The fraction of sp³-hybridized carbons (Fsp3) is 0.833. The van der Waals surface area contributed by atoms with Gasteiger partial charge in [-0.05, 0) is 38.5 Å². The van der Waals surface area contributed by atoms with Crippen molar-refractivity contribution in [1.29, 1.82) is 0 Å². The van der Waals surface area contributed by atoms with Crippen molar-refractivity contribution >= 4 is 12.0 Å². The number of hydrogen-bond acceptors (Lipinski definition) is 2. The minimum absolute atomic E-state index is 0.148. The summed E-state index contributed by atoms with van der Waals surface area (Å²) in [6.07, 6.45) is 3.48. The Morgan fingerprint density at radius 2 is 1.94 bits per heavy atom. The Labute approximate surface area is 102 Å². The van der Waals surface area contributed by atoms with Crippen molar-refractivity contribution in [3.8, 4) is 0 Å². The van der Waals surface area contributed by atoms with Gasteiger partial charge >= 0.3 is 12.0 Å². The van der Waals surface area contributed by atoms with E-state index in [4.69, 9.17) is 5.11 Å². The molecule has 0 aromatic rings. The van der Waals surface area contributed by atoms with Crippen LogP contribution >= 0.6 is 0 Å². The molecule has 3 N–H and O–H groups in total. The first-order valence-corrected chi connectivity index (χ1v) is 6.14. The molecule has 1 atom stereocenters. The van der Waals surface area contributed by atoms with Crippen LogP contribution in [0.5, 0.6) is 0 Å². The molecule has 1 aliphatic carbocycles. The number of carboxylic acids is 1. The van der Waals surface area contributed by atoms with Crippen LogP contribution in [0.3, 0.4) is 0 Å². The molecular weight excluding hydrogens is 220 g/mol. The lowest BCUT2D eigenvalue weighted by atomic mass is 9.79. The number of carboxylic acid groups (broad SMARTS) is 1. The summed E-state index contributed by atoms with van der Waals surface area (Å²) in [7, 11) is 0. The summed E-state index contributed by atoms with van der Waals surface area (Å²) in [5.74, 6) is -0.747. The molecular formula is C12H22N2O3. The molecule has 5 nitrogen and oxygen atoms in total. The van der Waals surface area contributed by atoms with Crippen molar-refractivity contribution in [3.05, 3.63) is 0 Å². The van der Waals surface area contributed by atoms with Gasteiger partial charge in [-0.3, -0.25) is 0 Å². The van der Waals surface area contributed by atoms with Crippen LogP contribution in [-0.2, 0) is 4.79 Å². The van der Waals surface area contributed by atoms with Gasteiger partial charge in [0.2, 0.25) is 0 Å². The van der Waals surface area contributed by atoms with Gasteiger partial charge in [-0.2, -0.15) is 0 Å². The largest absolute Gasteiger partial charge is 0.480 e. The number of carbonyl (C=O) groups is 2. The van der Waals surface area contributed by atoms with E-state index in [0.717, 1.165) is 19.3 Å². The Bertz CT molecular complexity index is 298. The van der Waals surface area contributed by atoms with E-state index in [1.807, 2.05) is 20.8 Å². The fourth-order valence-corrected chi connectivity index (χ4v) is 1.99. The van der Waals surface area contributed by atoms with E-state index in [1.54, 1.807) is 0 Å². The standard InChI is InChI=1S/C12H22N2O3/c1-8(2)7-9(10(15)16)13-11(17)14-12(3)5-4-6-12/h8-9H,4-7H2,1-3H3,(H,15,16)(H2,13,14,17)/t9-/m1/s1. The number of nitrogens with one attached hydrogen (secondary N) is 2. The second-order valence-electron chi connectivity index (χ2n) is 5.53. The molecule has 17 heavy (non-hydrogen) atoms. The highest BCUT2D eigenvalue weighted by atomic mass is 16.4. The van der Waals surface area contributed by atoms with Crippen molar-refractivity contribution in [2.24, 2.45) is 5.92 Å². The minimum Gasteiger partial charge on any atom is -0.480 e. The highest BCUT2D eigenvalue weighted by molar-refractivity contribution is 5.82. The maximum Gasteiger partial charge on any atom is 0.326 e. The minimum atomic E-state index is -0.979. The van der Waals surface area contributed by atoms with Crippen molar-refractivity contribution in [1.82, 2.24) is 10.6 Å². The van der Waals surface area contributed by atoms with Gasteiger partial charge in [0.25, 0.3) is 0 Å². The molecule has 1 saturated carbocycles. The zero-order valence-corrected chi connectivity index (χ0v) is 10.7. The number of amides is 2. The van der Waals surface area contributed by atoms with Crippen molar-refractivity contribution < 1.29 is 14.7 Å². The van der Waals surface area contributed by atoms with Gasteiger partial charge < -0.3 is 15.7 Å². The molecule has 0 unspecified atom stereocenters. The summed E-state index contributed by atoms with van der Waals surface area (Å²) in [5.41, 5.74) is -0.148. The highest BCUT2D eigenvalue weighted by Gasteiger charge is 2.34. The molecule has 1 rings (SSSR count). The van der Waals surface area contributed by atoms with Crippen LogP contribution in [0.25, 0.3) is 0 Å². The molecule has 0 aliphatic heterocycles. The van der Waals surface area contributed by atoms with E-state index in [2.05, 4.69) is 10.6 Å². The van der Waals surface area contributed by atoms with Gasteiger partial charge in [-0.15, -0.1) is 0 Å². The first-order valence-electron chi connectivity index (χ1n) is 6.14. The summed E-state index contributed by atoms with van der Waals surface area (Å²) in [5, 5.41) is 14.4. The van der Waals surface area contributed by atoms with Gasteiger partial charge in [0.05, 0.1) is 0 Å². The number of aliphatic carboxylic acids is 1. The third kappa shape index (κ3) is 4.24. The fourth-order valence-electron chi connectivity index (χ4n) is 1.99. The first kappa shape index (κ1) is 13.8. The van der Waals surface area contributed by atoms with Crippen LogP contribution in [0, 0.1) is 5.92 Å². The van der Waals surface area contributed by atoms with Crippen molar-refractivity contribution in [3.63, 3.8) is 0 Å². The predicted octanol–water partition coefficient (Wildman–Crippen LogP) is 1.73. The van der Waals surface area contributed by atoms with E-state index in [9.17, 15) is 9.59 Å². The molecule has 0 radical (unpaired) electrons. The van der Waals surface area contributed by atoms with Crippen LogP contribution in [0.15, 0.2) is 0 Å². The molecule has 0 spiro atoms. The van der Waals surface area contributed by atoms with Crippen LogP contribution in [0.4, 0.5) is 4.79 Å². The smallest absolute Gasteiger partial charge is 0.326 e. The SMILES string of the molecule is CC(C)C[C@@H](NC(=O)NC1(C)CCC1)C(=O)O. The monoisotopic (exact) mass is 242 g/mol. The summed E-state index contributed by atoms with van der Waals surface area (Å²) >= 11 is 0. The Kier molecular flexibility index (Phi) is 4.37. The molecule has 0 bridgehead atoms.